The zero-order chi connectivity index (χ0) is 9.68. The number of hydrogen-bond donors (Lipinski definition) is 1. The molecule has 1 N–H and O–H groups in total. The van der Waals surface area contributed by atoms with E-state index in [-0.39, 0.29) is 0 Å². The molecule has 0 saturated heterocycles. The van der Waals surface area contributed by atoms with Gasteiger partial charge in [0, 0.05) is 6.20 Å². The van der Waals surface area contributed by atoms with Crippen molar-refractivity contribution in [1.82, 2.24) is 4.98 Å². The minimum Gasteiger partial charge on any atom is -0.358 e. The number of anilines is 1. The van der Waals surface area contributed by atoms with Crippen molar-refractivity contribution in [3.8, 4) is 11.8 Å². The fourth-order valence-corrected chi connectivity index (χ4v) is 1.25. The van der Waals surface area contributed by atoms with Crippen LogP contribution in [0.5, 0.6) is 0 Å². The predicted molar refractivity (Wildman–Crippen MR) is 58.6 cm³/mol. The summed E-state index contributed by atoms with van der Waals surface area (Å²) in [5, 5.41) is 3.12. The van der Waals surface area contributed by atoms with Crippen molar-refractivity contribution in [2.75, 3.05) is 11.9 Å². The second-order valence-corrected chi connectivity index (χ2v) is 3.36. The van der Waals surface area contributed by atoms with Gasteiger partial charge < -0.3 is 5.32 Å². The van der Waals surface area contributed by atoms with Gasteiger partial charge in [0.15, 0.2) is 0 Å². The normalized spacial score (nSPS) is 8.85. The Morgan fingerprint density at radius 2 is 2.38 bits per heavy atom. The molecule has 0 radical (unpaired) electrons. The lowest BCUT2D eigenvalue weighted by Gasteiger charge is -2.05. The molecule has 0 aliphatic heterocycles. The first-order valence-electron chi connectivity index (χ1n) is 4.00. The van der Waals surface area contributed by atoms with E-state index in [1.165, 1.54) is 5.56 Å². The van der Waals surface area contributed by atoms with E-state index in [4.69, 9.17) is 0 Å². The van der Waals surface area contributed by atoms with E-state index in [2.05, 4.69) is 38.1 Å². The van der Waals surface area contributed by atoms with Crippen molar-refractivity contribution < 1.29 is 0 Å². The fraction of sp³-hybridized carbons (Fsp3) is 0.300. The molecule has 0 atom stereocenters. The van der Waals surface area contributed by atoms with Gasteiger partial charge >= 0.3 is 0 Å². The maximum Gasteiger partial charge on any atom is 0.141 e. The highest BCUT2D eigenvalue weighted by Crippen LogP contribution is 2.22. The molecule has 1 aromatic heterocycles. The number of aromatic nitrogens is 1. The van der Waals surface area contributed by atoms with Gasteiger partial charge in [-0.1, -0.05) is 5.92 Å². The molecule has 68 valence electrons. The van der Waals surface area contributed by atoms with Crippen molar-refractivity contribution in [2.45, 2.75) is 13.8 Å². The molecule has 0 unspecified atom stereocenters. The molecule has 0 aliphatic rings. The summed E-state index contributed by atoms with van der Waals surface area (Å²) in [5.41, 5.74) is 1.17. The Labute approximate surface area is 86.9 Å². The zero-order valence-corrected chi connectivity index (χ0v) is 9.27. The van der Waals surface area contributed by atoms with Crippen molar-refractivity contribution in [2.24, 2.45) is 0 Å². The van der Waals surface area contributed by atoms with Gasteiger partial charge in [-0.25, -0.2) is 4.98 Å². The molecule has 0 fully saturated rings. The van der Waals surface area contributed by atoms with Gasteiger partial charge in [0.2, 0.25) is 0 Å². The lowest BCUT2D eigenvalue weighted by atomic mass is 10.3. The van der Waals surface area contributed by atoms with Crippen LogP contribution in [0, 0.1) is 18.8 Å². The molecule has 0 aromatic carbocycles. The summed E-state index contributed by atoms with van der Waals surface area (Å²) in [6.45, 7) is 4.48. The molecule has 0 spiro atoms. The molecule has 3 heteroatoms. The van der Waals surface area contributed by atoms with Crippen LogP contribution in [0.25, 0.3) is 0 Å². The molecule has 1 rings (SSSR count). The van der Waals surface area contributed by atoms with E-state index in [0.717, 1.165) is 10.3 Å². The van der Waals surface area contributed by atoms with Gasteiger partial charge in [0.1, 0.15) is 5.82 Å². The number of aryl methyl sites for hydroxylation is 1. The Bertz CT molecular complexity index is 350. The zero-order valence-electron chi connectivity index (χ0n) is 7.69. The summed E-state index contributed by atoms with van der Waals surface area (Å²) >= 11 is 3.46. The predicted octanol–water partition coefficient (Wildman–Crippen LogP) is 2.59. The Balaban J connectivity index is 2.75. The molecular weight excluding hydrogens is 228 g/mol. The number of pyridine rings is 1. The van der Waals surface area contributed by atoms with E-state index in [9.17, 15) is 0 Å². The number of nitrogens with zero attached hydrogens (tertiary/aromatic N) is 1. The molecule has 0 saturated carbocycles. The second-order valence-electron chi connectivity index (χ2n) is 2.57. The number of halogens is 1. The van der Waals surface area contributed by atoms with Crippen molar-refractivity contribution in [1.29, 1.82) is 0 Å². The van der Waals surface area contributed by atoms with Gasteiger partial charge in [0.25, 0.3) is 0 Å². The van der Waals surface area contributed by atoms with Crippen LogP contribution in [0.2, 0.25) is 0 Å². The Kier molecular flexibility index (Phi) is 3.78. The van der Waals surface area contributed by atoms with Crippen LogP contribution < -0.4 is 5.32 Å². The van der Waals surface area contributed by atoms with Crippen LogP contribution in [0.4, 0.5) is 5.82 Å². The molecule has 13 heavy (non-hydrogen) atoms. The Morgan fingerprint density at radius 3 is 3.08 bits per heavy atom. The lowest BCUT2D eigenvalue weighted by Crippen LogP contribution is -2.02. The average molecular weight is 239 g/mol. The molecule has 1 heterocycles. The van der Waals surface area contributed by atoms with Crippen LogP contribution in [-0.2, 0) is 0 Å². The van der Waals surface area contributed by atoms with Crippen LogP contribution in [0.3, 0.4) is 0 Å². The van der Waals surface area contributed by atoms with Gasteiger partial charge in [0.05, 0.1) is 11.0 Å². The lowest BCUT2D eigenvalue weighted by molar-refractivity contribution is 1.20. The third kappa shape index (κ3) is 2.74. The third-order valence-electron chi connectivity index (χ3n) is 1.60. The van der Waals surface area contributed by atoms with Gasteiger partial charge in [-0.2, -0.15) is 0 Å². The Hall–Kier alpha value is -1.01. The number of nitrogens with one attached hydrogen (secondary N) is 1. The van der Waals surface area contributed by atoms with E-state index < -0.39 is 0 Å². The van der Waals surface area contributed by atoms with Crippen LogP contribution >= 0.6 is 15.9 Å². The van der Waals surface area contributed by atoms with Crippen molar-refractivity contribution in [3.05, 3.63) is 22.3 Å². The van der Waals surface area contributed by atoms with E-state index in [1.807, 2.05) is 19.9 Å². The van der Waals surface area contributed by atoms with Crippen molar-refractivity contribution >= 4 is 21.7 Å². The summed E-state index contributed by atoms with van der Waals surface area (Å²) in [7, 11) is 0. The smallest absolute Gasteiger partial charge is 0.141 e. The largest absolute Gasteiger partial charge is 0.358 e. The van der Waals surface area contributed by atoms with Crippen LogP contribution in [0.15, 0.2) is 16.7 Å². The minimum atomic E-state index is 0.631. The first kappa shape index (κ1) is 10.1. The average Bonchev–Trinajstić information content (AvgIpc) is 2.13. The first-order chi connectivity index (χ1) is 6.25. The highest BCUT2D eigenvalue weighted by molar-refractivity contribution is 9.10. The summed E-state index contributed by atoms with van der Waals surface area (Å²) in [6, 6.07) is 1.96. The van der Waals surface area contributed by atoms with Gasteiger partial charge in [-0.15, -0.1) is 5.92 Å². The molecule has 2 nitrogen and oxygen atoms in total. The Morgan fingerprint density at radius 1 is 1.62 bits per heavy atom. The monoisotopic (exact) mass is 238 g/mol. The molecule has 1 aromatic rings. The van der Waals surface area contributed by atoms with Gasteiger partial charge in [-0.05, 0) is 41.4 Å². The third-order valence-corrected chi connectivity index (χ3v) is 2.60. The highest BCUT2D eigenvalue weighted by Gasteiger charge is 2.01. The van der Waals surface area contributed by atoms with E-state index in [1.54, 1.807) is 6.20 Å². The number of hydrogen-bond acceptors (Lipinski definition) is 2. The quantitative estimate of drug-likeness (QED) is 0.802. The minimum absolute atomic E-state index is 0.631. The maximum absolute atomic E-state index is 4.19. The second kappa shape index (κ2) is 4.88. The van der Waals surface area contributed by atoms with Crippen LogP contribution in [-0.4, -0.2) is 11.5 Å². The SMILES string of the molecule is CC#CCNc1nccc(C)c1Br. The molecular formula is C10H11BrN2. The highest BCUT2D eigenvalue weighted by atomic mass is 79.9. The standard InChI is InChI=1S/C10H11BrN2/c1-3-4-6-12-10-9(11)8(2)5-7-13-10/h5,7H,6H2,1-2H3,(H,12,13). The fourth-order valence-electron chi connectivity index (χ4n) is 0.880. The molecule has 0 bridgehead atoms. The summed E-state index contributed by atoms with van der Waals surface area (Å²) in [4.78, 5) is 4.19. The maximum atomic E-state index is 4.19. The summed E-state index contributed by atoms with van der Waals surface area (Å²) in [5.74, 6) is 6.59. The van der Waals surface area contributed by atoms with E-state index >= 15 is 0 Å². The topological polar surface area (TPSA) is 24.9 Å². The van der Waals surface area contributed by atoms with Crippen molar-refractivity contribution in [3.63, 3.8) is 0 Å². The summed E-state index contributed by atoms with van der Waals surface area (Å²) in [6.07, 6.45) is 1.78. The van der Waals surface area contributed by atoms with Gasteiger partial charge in [-0.3, -0.25) is 0 Å². The van der Waals surface area contributed by atoms with E-state index in [0.29, 0.717) is 6.54 Å². The summed E-state index contributed by atoms with van der Waals surface area (Å²) < 4.78 is 1.01. The molecule has 0 amide bonds. The number of rotatable bonds is 2. The van der Waals surface area contributed by atoms with Crippen LogP contribution in [0.1, 0.15) is 12.5 Å². The molecule has 0 aliphatic carbocycles. The first-order valence-corrected chi connectivity index (χ1v) is 4.79.